The van der Waals surface area contributed by atoms with Crippen LogP contribution in [0.1, 0.15) is 39.2 Å². The number of aliphatic imine (C=N–C) groups is 1. The van der Waals surface area contributed by atoms with Crippen LogP contribution >= 0.6 is 24.0 Å². The molecule has 2 aliphatic heterocycles. The molecule has 1 unspecified atom stereocenters. The van der Waals surface area contributed by atoms with E-state index in [1.165, 1.54) is 38.0 Å². The Labute approximate surface area is 182 Å². The van der Waals surface area contributed by atoms with Gasteiger partial charge in [-0.15, -0.1) is 24.0 Å². The van der Waals surface area contributed by atoms with Gasteiger partial charge in [0.15, 0.2) is 5.96 Å². The molecule has 1 aromatic carbocycles. The Morgan fingerprint density at radius 1 is 1.22 bits per heavy atom. The van der Waals surface area contributed by atoms with Crippen LogP contribution in [-0.4, -0.2) is 61.6 Å². The van der Waals surface area contributed by atoms with E-state index in [-0.39, 0.29) is 24.0 Å². The molecule has 5 heteroatoms. The second-order valence-corrected chi connectivity index (χ2v) is 8.72. The zero-order chi connectivity index (χ0) is 18.4. The van der Waals surface area contributed by atoms with Crippen molar-refractivity contribution in [1.29, 1.82) is 0 Å². The number of halogens is 1. The largest absolute Gasteiger partial charge is 0.357 e. The predicted octanol–water partition coefficient (Wildman–Crippen LogP) is 3.87. The third kappa shape index (κ3) is 6.93. The minimum Gasteiger partial charge on any atom is -0.357 e. The van der Waals surface area contributed by atoms with Gasteiger partial charge in [0.25, 0.3) is 0 Å². The van der Waals surface area contributed by atoms with E-state index in [0.29, 0.717) is 11.3 Å². The molecule has 2 heterocycles. The molecule has 0 amide bonds. The summed E-state index contributed by atoms with van der Waals surface area (Å²) in [5.41, 5.74) is 1.86. The van der Waals surface area contributed by atoms with Crippen LogP contribution in [0.3, 0.4) is 0 Å². The van der Waals surface area contributed by atoms with E-state index < -0.39 is 0 Å². The van der Waals surface area contributed by atoms with Crippen molar-refractivity contribution in [3.63, 3.8) is 0 Å². The Morgan fingerprint density at radius 2 is 2.00 bits per heavy atom. The predicted molar refractivity (Wildman–Crippen MR) is 126 cm³/mol. The average Bonchev–Trinajstić information content (AvgIpc) is 3.24. The van der Waals surface area contributed by atoms with Crippen LogP contribution in [0.5, 0.6) is 0 Å². The van der Waals surface area contributed by atoms with Gasteiger partial charge in [0.1, 0.15) is 0 Å². The van der Waals surface area contributed by atoms with E-state index in [4.69, 9.17) is 4.99 Å². The summed E-state index contributed by atoms with van der Waals surface area (Å²) < 4.78 is 0. The average molecular weight is 484 g/mol. The van der Waals surface area contributed by atoms with Gasteiger partial charge in [-0.2, -0.15) is 0 Å². The molecule has 4 nitrogen and oxygen atoms in total. The first-order valence-corrected chi connectivity index (χ1v) is 10.4. The van der Waals surface area contributed by atoms with Crippen LogP contribution in [0.2, 0.25) is 0 Å². The maximum Gasteiger partial charge on any atom is 0.193 e. The summed E-state index contributed by atoms with van der Waals surface area (Å²) in [6.07, 6.45) is 3.69. The number of hydrogen-bond donors (Lipinski definition) is 1. The zero-order valence-electron chi connectivity index (χ0n) is 17.3. The van der Waals surface area contributed by atoms with Crippen molar-refractivity contribution in [3.8, 4) is 0 Å². The summed E-state index contributed by atoms with van der Waals surface area (Å²) in [7, 11) is 0. The van der Waals surface area contributed by atoms with Crippen molar-refractivity contribution in [2.24, 2.45) is 16.3 Å². The minimum atomic E-state index is 0. The first kappa shape index (κ1) is 22.5. The second-order valence-electron chi connectivity index (χ2n) is 8.72. The van der Waals surface area contributed by atoms with Crippen LogP contribution in [0.4, 0.5) is 0 Å². The monoisotopic (exact) mass is 484 g/mol. The molecule has 2 saturated heterocycles. The molecule has 0 spiro atoms. The van der Waals surface area contributed by atoms with E-state index in [1.807, 2.05) is 0 Å². The quantitative estimate of drug-likeness (QED) is 0.378. The van der Waals surface area contributed by atoms with Gasteiger partial charge >= 0.3 is 0 Å². The number of guanidine groups is 1. The molecule has 1 atom stereocenters. The minimum absolute atomic E-state index is 0. The van der Waals surface area contributed by atoms with Gasteiger partial charge in [-0.25, -0.2) is 0 Å². The number of nitrogens with zero attached hydrogens (tertiary/aromatic N) is 3. The van der Waals surface area contributed by atoms with Crippen molar-refractivity contribution in [2.45, 2.75) is 40.0 Å². The van der Waals surface area contributed by atoms with E-state index in [2.05, 4.69) is 66.2 Å². The maximum absolute atomic E-state index is 5.00. The Kier molecular flexibility index (Phi) is 8.86. The summed E-state index contributed by atoms with van der Waals surface area (Å²) >= 11 is 0. The lowest BCUT2D eigenvalue weighted by molar-refractivity contribution is 0.329. The number of benzene rings is 1. The molecule has 0 aromatic heterocycles. The summed E-state index contributed by atoms with van der Waals surface area (Å²) in [6, 6.07) is 10.8. The number of likely N-dealkylation sites (tertiary alicyclic amines) is 2. The molecular weight excluding hydrogens is 447 g/mol. The van der Waals surface area contributed by atoms with Gasteiger partial charge < -0.3 is 15.1 Å². The number of nitrogens with one attached hydrogen (secondary N) is 1. The highest BCUT2D eigenvalue weighted by Gasteiger charge is 2.31. The van der Waals surface area contributed by atoms with Crippen LogP contribution in [0, 0.1) is 11.3 Å². The van der Waals surface area contributed by atoms with Gasteiger partial charge in [-0.3, -0.25) is 4.99 Å². The molecule has 27 heavy (non-hydrogen) atoms. The summed E-state index contributed by atoms with van der Waals surface area (Å²) in [5.74, 6) is 1.83. The third-order valence-corrected chi connectivity index (χ3v) is 5.74. The number of hydrogen-bond acceptors (Lipinski definition) is 2. The fourth-order valence-electron chi connectivity index (χ4n) is 4.13. The Morgan fingerprint density at radius 3 is 2.67 bits per heavy atom. The van der Waals surface area contributed by atoms with Crippen molar-refractivity contribution in [1.82, 2.24) is 15.1 Å². The van der Waals surface area contributed by atoms with Crippen molar-refractivity contribution < 1.29 is 0 Å². The molecule has 0 saturated carbocycles. The summed E-state index contributed by atoms with van der Waals surface area (Å²) in [4.78, 5) is 10.1. The van der Waals surface area contributed by atoms with Crippen molar-refractivity contribution in [2.75, 3.05) is 45.8 Å². The molecule has 3 rings (SSSR count). The highest BCUT2D eigenvalue weighted by molar-refractivity contribution is 14.0. The van der Waals surface area contributed by atoms with E-state index in [0.717, 1.165) is 38.6 Å². The molecule has 1 N–H and O–H groups in total. The van der Waals surface area contributed by atoms with E-state index in [1.54, 1.807) is 0 Å². The van der Waals surface area contributed by atoms with Crippen LogP contribution in [0.15, 0.2) is 35.3 Å². The highest BCUT2D eigenvalue weighted by atomic mass is 127. The van der Waals surface area contributed by atoms with Crippen molar-refractivity contribution in [3.05, 3.63) is 35.9 Å². The lowest BCUT2D eigenvalue weighted by Crippen LogP contribution is -2.41. The lowest BCUT2D eigenvalue weighted by Gasteiger charge is -2.24. The summed E-state index contributed by atoms with van der Waals surface area (Å²) in [5, 5.41) is 3.51. The second kappa shape index (κ2) is 10.6. The summed E-state index contributed by atoms with van der Waals surface area (Å²) in [6.45, 7) is 14.6. The Bertz CT molecular complexity index is 587. The van der Waals surface area contributed by atoms with E-state index in [9.17, 15) is 0 Å². The molecule has 0 aliphatic carbocycles. The first-order chi connectivity index (χ1) is 12.6. The molecule has 0 radical (unpaired) electrons. The van der Waals surface area contributed by atoms with Gasteiger partial charge in [-0.05, 0) is 49.6 Å². The molecule has 152 valence electrons. The Balaban J connectivity index is 0.00000261. The van der Waals surface area contributed by atoms with E-state index >= 15 is 0 Å². The standard InChI is InChI=1S/C22H36N4.HI/c1-4-23-21(26-15-12-22(2,3)18-26)24-16-20-11-14-25(17-20)13-10-19-8-6-5-7-9-19;/h5-9,20H,4,10-18H2,1-3H3,(H,23,24);1H. The fourth-order valence-corrected chi connectivity index (χ4v) is 4.13. The molecule has 1 aromatic rings. The molecule has 2 fully saturated rings. The van der Waals surface area contributed by atoms with Gasteiger partial charge in [-0.1, -0.05) is 44.2 Å². The normalized spacial score (nSPS) is 22.7. The topological polar surface area (TPSA) is 30.9 Å². The van der Waals surface area contributed by atoms with Crippen molar-refractivity contribution >= 4 is 29.9 Å². The highest BCUT2D eigenvalue weighted by Crippen LogP contribution is 2.28. The van der Waals surface area contributed by atoms with Gasteiger partial charge in [0, 0.05) is 39.3 Å². The van der Waals surface area contributed by atoms with Gasteiger partial charge in [0.2, 0.25) is 0 Å². The lowest BCUT2D eigenvalue weighted by atomic mass is 9.93. The first-order valence-electron chi connectivity index (χ1n) is 10.4. The number of rotatable bonds is 6. The maximum atomic E-state index is 5.00. The van der Waals surface area contributed by atoms with Gasteiger partial charge in [0.05, 0.1) is 0 Å². The molecular formula is C22H37IN4. The van der Waals surface area contributed by atoms with Crippen LogP contribution < -0.4 is 5.32 Å². The fraction of sp³-hybridized carbons (Fsp3) is 0.682. The third-order valence-electron chi connectivity index (χ3n) is 5.74. The Hall–Kier alpha value is -0.820. The SMILES string of the molecule is CCNC(=NCC1CCN(CCc2ccccc2)C1)N1CCC(C)(C)C1.I. The zero-order valence-corrected chi connectivity index (χ0v) is 19.6. The molecule has 2 aliphatic rings. The van der Waals surface area contributed by atoms with Crippen LogP contribution in [0.25, 0.3) is 0 Å². The molecule has 0 bridgehead atoms. The smallest absolute Gasteiger partial charge is 0.193 e. The van der Waals surface area contributed by atoms with Crippen LogP contribution in [-0.2, 0) is 6.42 Å².